The standard InChI is InChI=1S/C14H20N2O2/c17-8-12-15-13(18-16-12)7-14-4-9-1-10(5-14)3-11(2-9)6-14/h9-11,17H,1-8H2. The normalized spacial score (nSPS) is 41.5. The number of rotatable bonds is 3. The SMILES string of the molecule is OCc1noc(CC23CC4CC(CC(C4)C2)C3)n1. The van der Waals surface area contributed by atoms with Crippen LogP contribution < -0.4 is 0 Å². The summed E-state index contributed by atoms with van der Waals surface area (Å²) < 4.78 is 5.27. The second kappa shape index (κ2) is 3.80. The largest absolute Gasteiger partial charge is 0.388 e. The third-order valence-corrected chi connectivity index (χ3v) is 5.34. The van der Waals surface area contributed by atoms with Crippen LogP contribution in [0.25, 0.3) is 0 Å². The van der Waals surface area contributed by atoms with E-state index in [1.54, 1.807) is 0 Å². The highest BCUT2D eigenvalue weighted by Crippen LogP contribution is 2.60. The average molecular weight is 248 g/mol. The minimum Gasteiger partial charge on any atom is -0.388 e. The number of hydrogen-bond acceptors (Lipinski definition) is 4. The summed E-state index contributed by atoms with van der Waals surface area (Å²) in [7, 11) is 0. The average Bonchev–Trinajstić information content (AvgIpc) is 2.74. The van der Waals surface area contributed by atoms with E-state index in [4.69, 9.17) is 9.63 Å². The molecule has 4 bridgehead atoms. The number of nitrogens with zero attached hydrogens (tertiary/aromatic N) is 2. The van der Waals surface area contributed by atoms with Crippen molar-refractivity contribution in [2.24, 2.45) is 23.2 Å². The summed E-state index contributed by atoms with van der Waals surface area (Å²) >= 11 is 0. The zero-order chi connectivity index (χ0) is 12.2. The van der Waals surface area contributed by atoms with Crippen molar-refractivity contribution in [2.75, 3.05) is 0 Å². The van der Waals surface area contributed by atoms with Crippen LogP contribution in [0.4, 0.5) is 0 Å². The molecule has 0 aromatic carbocycles. The Morgan fingerprint density at radius 1 is 1.11 bits per heavy atom. The molecule has 4 saturated carbocycles. The van der Waals surface area contributed by atoms with E-state index in [9.17, 15) is 0 Å². The summed E-state index contributed by atoms with van der Waals surface area (Å²) in [4.78, 5) is 4.28. The van der Waals surface area contributed by atoms with Crippen molar-refractivity contribution in [3.8, 4) is 0 Å². The number of aromatic nitrogens is 2. The minimum atomic E-state index is -0.121. The summed E-state index contributed by atoms with van der Waals surface area (Å²) in [5, 5.41) is 12.8. The Kier molecular flexibility index (Phi) is 2.31. The molecule has 4 nitrogen and oxygen atoms in total. The maximum atomic E-state index is 9.00. The van der Waals surface area contributed by atoms with Gasteiger partial charge in [-0.15, -0.1) is 0 Å². The summed E-state index contributed by atoms with van der Waals surface area (Å²) in [6.45, 7) is -0.121. The third kappa shape index (κ3) is 1.69. The van der Waals surface area contributed by atoms with Crippen molar-refractivity contribution in [2.45, 2.75) is 51.6 Å². The second-order valence-corrected chi connectivity index (χ2v) is 6.86. The Labute approximate surface area is 107 Å². The highest BCUT2D eigenvalue weighted by molar-refractivity contribution is 5.04. The van der Waals surface area contributed by atoms with Crippen LogP contribution in [-0.2, 0) is 13.0 Å². The van der Waals surface area contributed by atoms with Crippen LogP contribution in [0.1, 0.15) is 50.2 Å². The van der Waals surface area contributed by atoms with Crippen LogP contribution in [0, 0.1) is 23.2 Å². The molecule has 18 heavy (non-hydrogen) atoms. The molecule has 4 aliphatic rings. The summed E-state index contributed by atoms with van der Waals surface area (Å²) in [6, 6.07) is 0. The molecule has 5 rings (SSSR count). The molecule has 1 aromatic heterocycles. The van der Waals surface area contributed by atoms with Gasteiger partial charge in [-0.25, -0.2) is 0 Å². The van der Waals surface area contributed by atoms with Crippen LogP contribution in [-0.4, -0.2) is 15.2 Å². The van der Waals surface area contributed by atoms with Gasteiger partial charge in [0, 0.05) is 6.42 Å². The van der Waals surface area contributed by atoms with Gasteiger partial charge in [0.05, 0.1) is 0 Å². The van der Waals surface area contributed by atoms with Crippen molar-refractivity contribution >= 4 is 0 Å². The summed E-state index contributed by atoms with van der Waals surface area (Å²) in [5.41, 5.74) is 0.439. The molecule has 0 amide bonds. The Morgan fingerprint density at radius 3 is 2.22 bits per heavy atom. The predicted molar refractivity (Wildman–Crippen MR) is 64.5 cm³/mol. The van der Waals surface area contributed by atoms with Crippen molar-refractivity contribution in [3.05, 3.63) is 11.7 Å². The molecule has 1 aromatic rings. The van der Waals surface area contributed by atoms with Gasteiger partial charge in [-0.3, -0.25) is 0 Å². The van der Waals surface area contributed by atoms with E-state index in [1.165, 1.54) is 38.5 Å². The molecule has 4 fully saturated rings. The topological polar surface area (TPSA) is 59.2 Å². The number of aliphatic hydroxyl groups excluding tert-OH is 1. The molecule has 4 aliphatic carbocycles. The van der Waals surface area contributed by atoms with Gasteiger partial charge in [0.25, 0.3) is 0 Å². The molecular formula is C14H20N2O2. The first kappa shape index (κ1) is 11.0. The zero-order valence-electron chi connectivity index (χ0n) is 10.6. The quantitative estimate of drug-likeness (QED) is 0.891. The molecule has 0 unspecified atom stereocenters. The van der Waals surface area contributed by atoms with E-state index >= 15 is 0 Å². The summed E-state index contributed by atoms with van der Waals surface area (Å²) in [6.07, 6.45) is 9.39. The van der Waals surface area contributed by atoms with Gasteiger partial charge in [0.15, 0.2) is 5.82 Å². The smallest absolute Gasteiger partial charge is 0.227 e. The Morgan fingerprint density at radius 2 is 1.72 bits per heavy atom. The van der Waals surface area contributed by atoms with Crippen LogP contribution in [0.5, 0.6) is 0 Å². The van der Waals surface area contributed by atoms with Gasteiger partial charge in [-0.2, -0.15) is 4.98 Å². The fraction of sp³-hybridized carbons (Fsp3) is 0.857. The first-order valence-electron chi connectivity index (χ1n) is 7.17. The molecule has 0 aliphatic heterocycles. The van der Waals surface area contributed by atoms with E-state index in [2.05, 4.69) is 10.1 Å². The van der Waals surface area contributed by atoms with Crippen LogP contribution in [0.3, 0.4) is 0 Å². The first-order chi connectivity index (χ1) is 8.75. The van der Waals surface area contributed by atoms with E-state index in [0.29, 0.717) is 11.2 Å². The lowest BCUT2D eigenvalue weighted by Gasteiger charge is -2.56. The molecule has 0 atom stereocenters. The van der Waals surface area contributed by atoms with E-state index in [-0.39, 0.29) is 6.61 Å². The van der Waals surface area contributed by atoms with E-state index in [1.807, 2.05) is 0 Å². The maximum Gasteiger partial charge on any atom is 0.227 e. The summed E-state index contributed by atoms with van der Waals surface area (Å²) in [5.74, 6) is 4.03. The van der Waals surface area contributed by atoms with Gasteiger partial charge in [0.2, 0.25) is 5.89 Å². The molecule has 0 saturated heterocycles. The Hall–Kier alpha value is -0.900. The molecule has 4 heteroatoms. The lowest BCUT2D eigenvalue weighted by Crippen LogP contribution is -2.47. The third-order valence-electron chi connectivity index (χ3n) is 5.34. The van der Waals surface area contributed by atoms with Crippen LogP contribution in [0.15, 0.2) is 4.52 Å². The minimum absolute atomic E-state index is 0.121. The van der Waals surface area contributed by atoms with Crippen molar-refractivity contribution in [3.63, 3.8) is 0 Å². The van der Waals surface area contributed by atoms with Gasteiger partial charge >= 0.3 is 0 Å². The Balaban J connectivity index is 1.56. The van der Waals surface area contributed by atoms with Gasteiger partial charge < -0.3 is 9.63 Å². The maximum absolute atomic E-state index is 9.00. The highest BCUT2D eigenvalue weighted by atomic mass is 16.5. The van der Waals surface area contributed by atoms with Crippen molar-refractivity contribution < 1.29 is 9.63 Å². The van der Waals surface area contributed by atoms with Crippen molar-refractivity contribution in [1.29, 1.82) is 0 Å². The fourth-order valence-corrected chi connectivity index (χ4v) is 5.25. The molecule has 0 spiro atoms. The molecular weight excluding hydrogens is 228 g/mol. The zero-order valence-corrected chi connectivity index (χ0v) is 10.6. The molecule has 1 N–H and O–H groups in total. The van der Waals surface area contributed by atoms with Crippen LogP contribution >= 0.6 is 0 Å². The Bertz CT molecular complexity index is 419. The van der Waals surface area contributed by atoms with Crippen molar-refractivity contribution in [1.82, 2.24) is 10.1 Å². The lowest BCUT2D eigenvalue weighted by atomic mass is 9.49. The predicted octanol–water partition coefficient (Wildman–Crippen LogP) is 2.32. The van der Waals surface area contributed by atoms with E-state index in [0.717, 1.165) is 30.1 Å². The monoisotopic (exact) mass is 248 g/mol. The lowest BCUT2D eigenvalue weighted by molar-refractivity contribution is -0.0556. The molecule has 98 valence electrons. The second-order valence-electron chi connectivity index (χ2n) is 6.86. The van der Waals surface area contributed by atoms with Crippen LogP contribution in [0.2, 0.25) is 0 Å². The fourth-order valence-electron chi connectivity index (χ4n) is 5.25. The first-order valence-corrected chi connectivity index (χ1v) is 7.17. The molecule has 1 heterocycles. The van der Waals surface area contributed by atoms with E-state index < -0.39 is 0 Å². The van der Waals surface area contributed by atoms with Gasteiger partial charge in [-0.05, 0) is 61.7 Å². The number of hydrogen-bond donors (Lipinski definition) is 1. The molecule has 0 radical (unpaired) electrons. The van der Waals surface area contributed by atoms with Gasteiger partial charge in [-0.1, -0.05) is 5.16 Å². The number of aliphatic hydroxyl groups is 1. The van der Waals surface area contributed by atoms with Gasteiger partial charge in [0.1, 0.15) is 6.61 Å². The highest BCUT2D eigenvalue weighted by Gasteiger charge is 2.51.